The molecule has 0 amide bonds. The van der Waals surface area contributed by atoms with E-state index in [9.17, 15) is 0 Å². The van der Waals surface area contributed by atoms with E-state index < -0.39 is 7.92 Å². The molecular weight excluding hydrogens is 428 g/mol. The molecule has 4 heteroatoms. The van der Waals surface area contributed by atoms with Gasteiger partial charge in [0.2, 0.25) is 0 Å². The van der Waals surface area contributed by atoms with Crippen molar-refractivity contribution in [2.45, 2.75) is 32.7 Å². The molecule has 158 valence electrons. The van der Waals surface area contributed by atoms with E-state index in [4.69, 9.17) is 23.2 Å². The third-order valence-corrected chi connectivity index (χ3v) is 8.04. The molecule has 0 aliphatic rings. The number of benzene rings is 3. The van der Waals surface area contributed by atoms with Crippen LogP contribution in [0.25, 0.3) is 0 Å². The van der Waals surface area contributed by atoms with E-state index in [-0.39, 0.29) is 5.41 Å². The molecule has 0 radical (unpaired) electrons. The molecule has 0 saturated heterocycles. The van der Waals surface area contributed by atoms with Gasteiger partial charge in [-0.3, -0.25) is 0 Å². The molecule has 0 aliphatic heterocycles. The van der Waals surface area contributed by atoms with Gasteiger partial charge in [-0.2, -0.15) is 0 Å². The quantitative estimate of drug-likeness (QED) is 0.312. The van der Waals surface area contributed by atoms with Gasteiger partial charge in [0.25, 0.3) is 0 Å². The first-order valence-corrected chi connectivity index (χ1v) is 12.3. The van der Waals surface area contributed by atoms with Gasteiger partial charge in [0.05, 0.1) is 21.1 Å². The van der Waals surface area contributed by atoms with E-state index in [2.05, 4.69) is 84.4 Å². The van der Waals surface area contributed by atoms with Crippen LogP contribution < -0.4 is 15.9 Å². The first-order chi connectivity index (χ1) is 13.9. The lowest BCUT2D eigenvalue weighted by Gasteiger charge is -2.30. The zero-order valence-corrected chi connectivity index (χ0v) is 21.1. The van der Waals surface area contributed by atoms with Crippen LogP contribution >= 0.6 is 31.1 Å². The van der Waals surface area contributed by atoms with Crippen LogP contribution in [0.4, 0.5) is 0 Å². The van der Waals surface area contributed by atoms with Gasteiger partial charge < -0.3 is 4.48 Å². The third kappa shape index (κ3) is 5.86. The average Bonchev–Trinajstić information content (AvgIpc) is 2.64. The van der Waals surface area contributed by atoms with E-state index in [0.29, 0.717) is 0 Å². The molecular formula is C26H31Cl2NP+. The summed E-state index contributed by atoms with van der Waals surface area (Å²) in [4.78, 5) is 0. The lowest BCUT2D eigenvalue weighted by molar-refractivity contribution is -0.883. The van der Waals surface area contributed by atoms with Crippen LogP contribution in [-0.2, 0) is 12.0 Å². The fourth-order valence-electron chi connectivity index (χ4n) is 3.49. The Morgan fingerprint density at radius 2 is 1.20 bits per heavy atom. The van der Waals surface area contributed by atoms with Crippen LogP contribution in [0.5, 0.6) is 0 Å². The van der Waals surface area contributed by atoms with Gasteiger partial charge in [-0.15, -0.1) is 0 Å². The highest BCUT2D eigenvalue weighted by atomic mass is 35.5. The Balaban J connectivity index is 2.27. The van der Waals surface area contributed by atoms with E-state index >= 15 is 0 Å². The maximum Gasteiger partial charge on any atom is 0.104 e. The van der Waals surface area contributed by atoms with E-state index in [1.807, 2.05) is 24.3 Å². The van der Waals surface area contributed by atoms with Crippen LogP contribution in [0, 0.1) is 0 Å². The number of halogens is 2. The number of hydrogen-bond acceptors (Lipinski definition) is 0. The van der Waals surface area contributed by atoms with Gasteiger partial charge in [-0.1, -0.05) is 80.4 Å². The number of hydrogen-bond donors (Lipinski definition) is 0. The standard InChI is InChI=1S/C26H31Cl2NP/c1-26(2,3)20-8-7-19(18-29(4,5)6)25(17-20)30(23-13-9-21(27)10-14-23)24-15-11-22(28)12-16-24/h7-17H,18H2,1-6H3/q+1. The van der Waals surface area contributed by atoms with Crippen molar-refractivity contribution in [3.63, 3.8) is 0 Å². The maximum atomic E-state index is 6.22. The molecule has 0 bridgehead atoms. The van der Waals surface area contributed by atoms with Gasteiger partial charge >= 0.3 is 0 Å². The predicted molar refractivity (Wildman–Crippen MR) is 136 cm³/mol. The summed E-state index contributed by atoms with van der Waals surface area (Å²) in [6, 6.07) is 23.7. The molecule has 3 aromatic rings. The van der Waals surface area contributed by atoms with Gasteiger partial charge in [0.15, 0.2) is 0 Å². The summed E-state index contributed by atoms with van der Waals surface area (Å²) in [5.74, 6) is 0. The molecule has 0 spiro atoms. The monoisotopic (exact) mass is 458 g/mol. The minimum absolute atomic E-state index is 0.0882. The largest absolute Gasteiger partial charge is 0.327 e. The molecule has 3 rings (SSSR count). The highest BCUT2D eigenvalue weighted by molar-refractivity contribution is 7.79. The molecule has 0 fully saturated rings. The van der Waals surface area contributed by atoms with Crippen molar-refractivity contribution in [1.82, 2.24) is 0 Å². The van der Waals surface area contributed by atoms with Crippen LogP contribution in [0.1, 0.15) is 31.9 Å². The number of quaternary nitrogens is 1. The summed E-state index contributed by atoms with van der Waals surface area (Å²) in [5.41, 5.74) is 2.84. The van der Waals surface area contributed by atoms with Crippen molar-refractivity contribution in [3.05, 3.63) is 87.9 Å². The summed E-state index contributed by atoms with van der Waals surface area (Å²) in [6.07, 6.45) is 0. The van der Waals surface area contributed by atoms with Gasteiger partial charge in [-0.25, -0.2) is 0 Å². The molecule has 0 aromatic heterocycles. The fourth-order valence-corrected chi connectivity index (χ4v) is 6.19. The Morgan fingerprint density at radius 1 is 0.733 bits per heavy atom. The molecule has 0 atom stereocenters. The summed E-state index contributed by atoms with van der Waals surface area (Å²) in [7, 11) is 6.00. The zero-order valence-electron chi connectivity index (χ0n) is 18.7. The third-order valence-electron chi connectivity index (χ3n) is 5.01. The van der Waals surface area contributed by atoms with Crippen molar-refractivity contribution in [1.29, 1.82) is 0 Å². The molecule has 0 heterocycles. The lowest BCUT2D eigenvalue weighted by Crippen LogP contribution is -2.36. The van der Waals surface area contributed by atoms with Crippen molar-refractivity contribution in [2.75, 3.05) is 21.1 Å². The first-order valence-electron chi connectivity index (χ1n) is 10.2. The topological polar surface area (TPSA) is 0 Å². The molecule has 0 N–H and O–H groups in total. The summed E-state index contributed by atoms with van der Waals surface area (Å²) in [6.45, 7) is 7.80. The van der Waals surface area contributed by atoms with E-state index in [0.717, 1.165) is 21.1 Å². The van der Waals surface area contributed by atoms with E-state index in [1.165, 1.54) is 27.0 Å². The predicted octanol–water partition coefficient (Wildman–Crippen LogP) is 6.26. The van der Waals surface area contributed by atoms with Crippen LogP contribution in [0.2, 0.25) is 10.0 Å². The normalized spacial score (nSPS) is 12.4. The molecule has 30 heavy (non-hydrogen) atoms. The second-order valence-electron chi connectivity index (χ2n) is 9.83. The Bertz CT molecular complexity index is 952. The summed E-state index contributed by atoms with van der Waals surface area (Å²) >= 11 is 12.4. The maximum absolute atomic E-state index is 6.22. The Morgan fingerprint density at radius 3 is 1.60 bits per heavy atom. The number of rotatable bonds is 5. The molecule has 3 aromatic carbocycles. The zero-order chi connectivity index (χ0) is 22.1. The fraction of sp³-hybridized carbons (Fsp3) is 0.308. The van der Waals surface area contributed by atoms with Gasteiger partial charge in [0.1, 0.15) is 6.54 Å². The SMILES string of the molecule is CC(C)(C)c1ccc(C[N+](C)(C)C)c(P(c2ccc(Cl)cc2)c2ccc(Cl)cc2)c1. The van der Waals surface area contributed by atoms with Crippen LogP contribution in [0.3, 0.4) is 0 Å². The van der Waals surface area contributed by atoms with Crippen LogP contribution in [0.15, 0.2) is 66.7 Å². The Labute approximate surface area is 193 Å². The van der Waals surface area contributed by atoms with E-state index in [1.54, 1.807) is 0 Å². The minimum Gasteiger partial charge on any atom is -0.327 e. The first kappa shape index (κ1) is 23.3. The second-order valence-corrected chi connectivity index (χ2v) is 12.9. The smallest absolute Gasteiger partial charge is 0.104 e. The molecule has 1 nitrogen and oxygen atoms in total. The van der Waals surface area contributed by atoms with Crippen LogP contribution in [-0.4, -0.2) is 25.6 Å². The number of nitrogens with zero attached hydrogens (tertiary/aromatic N) is 1. The average molecular weight is 459 g/mol. The van der Waals surface area contributed by atoms with Crippen molar-refractivity contribution in [2.24, 2.45) is 0 Å². The highest BCUT2D eigenvalue weighted by Crippen LogP contribution is 2.37. The van der Waals surface area contributed by atoms with Crippen molar-refractivity contribution in [3.8, 4) is 0 Å². The van der Waals surface area contributed by atoms with Crippen molar-refractivity contribution >= 4 is 47.0 Å². The highest BCUT2D eigenvalue weighted by Gasteiger charge is 2.25. The Kier molecular flexibility index (Phi) is 7.00. The minimum atomic E-state index is -0.735. The van der Waals surface area contributed by atoms with Crippen molar-refractivity contribution < 1.29 is 4.48 Å². The summed E-state index contributed by atoms with van der Waals surface area (Å²) in [5, 5.41) is 5.53. The summed E-state index contributed by atoms with van der Waals surface area (Å²) < 4.78 is 0.881. The van der Waals surface area contributed by atoms with Gasteiger partial charge in [-0.05, 0) is 65.1 Å². The second kappa shape index (κ2) is 9.01. The molecule has 0 saturated carbocycles. The molecule has 0 aliphatic carbocycles. The molecule has 0 unspecified atom stereocenters. The lowest BCUT2D eigenvalue weighted by atomic mass is 9.86. The Hall–Kier alpha value is -1.37. The van der Waals surface area contributed by atoms with Gasteiger partial charge in [0, 0.05) is 15.6 Å².